The van der Waals surface area contributed by atoms with Crippen molar-refractivity contribution in [1.29, 1.82) is 0 Å². The summed E-state index contributed by atoms with van der Waals surface area (Å²) in [6.45, 7) is 0.451. The molecule has 2 amide bonds. The lowest BCUT2D eigenvalue weighted by Crippen LogP contribution is -2.26. The summed E-state index contributed by atoms with van der Waals surface area (Å²) < 4.78 is 10.5. The molecule has 0 aliphatic heterocycles. The number of thioether (sulfide) groups is 1. The minimum absolute atomic E-state index is 0.00911. The Morgan fingerprint density at radius 3 is 2.59 bits per heavy atom. The Labute approximate surface area is 134 Å². The van der Waals surface area contributed by atoms with Gasteiger partial charge in [-0.2, -0.15) is 11.8 Å². The number of hydrogen-bond acceptors (Lipinski definition) is 5. The second kappa shape index (κ2) is 9.19. The van der Waals surface area contributed by atoms with Gasteiger partial charge in [-0.25, -0.2) is 0 Å². The number of ether oxygens (including phenoxy) is 2. The second-order valence-corrected chi connectivity index (χ2v) is 5.80. The SMILES string of the molecule is COc1ccc(CN(C)C(=O)CCSCC(N)=O)c(OC)c1. The molecule has 0 saturated heterocycles. The molecular weight excluding hydrogens is 304 g/mol. The molecule has 7 heteroatoms. The Bertz CT molecular complexity index is 522. The fraction of sp³-hybridized carbons (Fsp3) is 0.467. The Hall–Kier alpha value is -1.89. The van der Waals surface area contributed by atoms with Gasteiger partial charge in [0.1, 0.15) is 11.5 Å². The van der Waals surface area contributed by atoms with Crippen LogP contribution in [0.2, 0.25) is 0 Å². The molecule has 0 heterocycles. The zero-order valence-corrected chi connectivity index (χ0v) is 13.9. The molecule has 0 saturated carbocycles. The summed E-state index contributed by atoms with van der Waals surface area (Å²) >= 11 is 1.36. The smallest absolute Gasteiger partial charge is 0.227 e. The number of benzene rings is 1. The van der Waals surface area contributed by atoms with Gasteiger partial charge < -0.3 is 20.1 Å². The van der Waals surface area contributed by atoms with Crippen molar-refractivity contribution in [2.24, 2.45) is 5.73 Å². The first-order valence-electron chi connectivity index (χ1n) is 6.78. The van der Waals surface area contributed by atoms with Crippen LogP contribution >= 0.6 is 11.8 Å². The highest BCUT2D eigenvalue weighted by atomic mass is 32.2. The van der Waals surface area contributed by atoms with Crippen molar-refractivity contribution in [2.45, 2.75) is 13.0 Å². The van der Waals surface area contributed by atoms with Gasteiger partial charge in [-0.3, -0.25) is 9.59 Å². The zero-order chi connectivity index (χ0) is 16.5. The van der Waals surface area contributed by atoms with E-state index in [-0.39, 0.29) is 17.6 Å². The second-order valence-electron chi connectivity index (χ2n) is 4.70. The van der Waals surface area contributed by atoms with Gasteiger partial charge in [0.15, 0.2) is 0 Å². The Balaban J connectivity index is 2.54. The van der Waals surface area contributed by atoms with Gasteiger partial charge in [0.05, 0.1) is 20.0 Å². The van der Waals surface area contributed by atoms with Crippen LogP contribution < -0.4 is 15.2 Å². The van der Waals surface area contributed by atoms with Gasteiger partial charge in [0, 0.05) is 37.4 Å². The van der Waals surface area contributed by atoms with E-state index < -0.39 is 0 Å². The minimum Gasteiger partial charge on any atom is -0.497 e. The molecule has 1 aromatic carbocycles. The average Bonchev–Trinajstić information content (AvgIpc) is 2.51. The van der Waals surface area contributed by atoms with Gasteiger partial charge in [0.25, 0.3) is 0 Å². The number of primary amides is 1. The van der Waals surface area contributed by atoms with E-state index in [0.29, 0.717) is 30.2 Å². The van der Waals surface area contributed by atoms with Crippen molar-refractivity contribution >= 4 is 23.6 Å². The lowest BCUT2D eigenvalue weighted by atomic mass is 10.1. The maximum Gasteiger partial charge on any atom is 0.227 e. The van der Waals surface area contributed by atoms with Crippen LogP contribution in [0.3, 0.4) is 0 Å². The van der Waals surface area contributed by atoms with Crippen molar-refractivity contribution in [3.8, 4) is 11.5 Å². The number of hydrogen-bond donors (Lipinski definition) is 1. The van der Waals surface area contributed by atoms with E-state index in [0.717, 1.165) is 5.56 Å². The molecule has 0 spiro atoms. The molecule has 2 N–H and O–H groups in total. The Kier molecular flexibility index (Phi) is 7.59. The lowest BCUT2D eigenvalue weighted by molar-refractivity contribution is -0.130. The fourth-order valence-corrected chi connectivity index (χ4v) is 2.51. The third kappa shape index (κ3) is 5.85. The standard InChI is InChI=1S/C15H22N2O4S/c1-17(15(19)6-7-22-10-14(16)18)9-11-4-5-12(20-2)8-13(11)21-3/h4-5,8H,6-7,9-10H2,1-3H3,(H2,16,18). The molecule has 0 radical (unpaired) electrons. The predicted octanol–water partition coefficient (Wildman–Crippen LogP) is 1.27. The highest BCUT2D eigenvalue weighted by molar-refractivity contribution is 7.99. The van der Waals surface area contributed by atoms with Crippen molar-refractivity contribution < 1.29 is 19.1 Å². The molecule has 1 aromatic rings. The van der Waals surface area contributed by atoms with Crippen LogP contribution in [0.1, 0.15) is 12.0 Å². The van der Waals surface area contributed by atoms with Crippen LogP contribution in [-0.2, 0) is 16.1 Å². The predicted molar refractivity (Wildman–Crippen MR) is 87.2 cm³/mol. The molecule has 0 atom stereocenters. The van der Waals surface area contributed by atoms with Crippen LogP contribution in [0, 0.1) is 0 Å². The number of nitrogens with zero attached hydrogens (tertiary/aromatic N) is 1. The maximum absolute atomic E-state index is 12.0. The monoisotopic (exact) mass is 326 g/mol. The topological polar surface area (TPSA) is 81.9 Å². The number of carbonyl (C=O) groups is 2. The third-order valence-corrected chi connectivity index (χ3v) is 4.01. The summed E-state index contributed by atoms with van der Waals surface area (Å²) in [6, 6.07) is 5.50. The molecule has 0 aliphatic rings. The van der Waals surface area contributed by atoms with E-state index in [1.54, 1.807) is 32.2 Å². The summed E-state index contributed by atoms with van der Waals surface area (Å²) in [5.41, 5.74) is 5.95. The van der Waals surface area contributed by atoms with E-state index in [4.69, 9.17) is 15.2 Å². The van der Waals surface area contributed by atoms with Crippen LogP contribution in [0.4, 0.5) is 0 Å². The highest BCUT2D eigenvalue weighted by Crippen LogP contribution is 2.25. The third-order valence-electron chi connectivity index (χ3n) is 3.03. The Morgan fingerprint density at radius 2 is 2.00 bits per heavy atom. The first-order valence-corrected chi connectivity index (χ1v) is 7.94. The molecule has 0 fully saturated rings. The maximum atomic E-state index is 12.0. The van der Waals surface area contributed by atoms with Crippen LogP contribution in [0.25, 0.3) is 0 Å². The minimum atomic E-state index is -0.367. The number of methoxy groups -OCH3 is 2. The number of amides is 2. The molecule has 1 rings (SSSR count). The van der Waals surface area contributed by atoms with Crippen molar-refractivity contribution in [2.75, 3.05) is 32.8 Å². The summed E-state index contributed by atoms with van der Waals surface area (Å²) in [4.78, 5) is 24.3. The van der Waals surface area contributed by atoms with E-state index in [2.05, 4.69) is 0 Å². The van der Waals surface area contributed by atoms with Gasteiger partial charge in [-0.1, -0.05) is 0 Å². The van der Waals surface area contributed by atoms with Crippen molar-refractivity contribution in [3.05, 3.63) is 23.8 Å². The van der Waals surface area contributed by atoms with Crippen LogP contribution in [0.5, 0.6) is 11.5 Å². The largest absolute Gasteiger partial charge is 0.497 e. The average molecular weight is 326 g/mol. The van der Waals surface area contributed by atoms with E-state index in [1.165, 1.54) is 11.8 Å². The van der Waals surface area contributed by atoms with E-state index in [9.17, 15) is 9.59 Å². The molecule has 122 valence electrons. The van der Waals surface area contributed by atoms with Gasteiger partial charge in [-0.05, 0) is 12.1 Å². The van der Waals surface area contributed by atoms with Gasteiger partial charge in [-0.15, -0.1) is 0 Å². The van der Waals surface area contributed by atoms with Crippen LogP contribution in [0.15, 0.2) is 18.2 Å². The molecule has 0 aromatic heterocycles. The summed E-state index contributed by atoms with van der Waals surface area (Å²) in [5.74, 6) is 1.85. The van der Waals surface area contributed by atoms with Crippen LogP contribution in [-0.4, -0.2) is 49.5 Å². The molecule has 0 bridgehead atoms. The number of rotatable bonds is 9. The molecule has 0 unspecified atom stereocenters. The molecule has 22 heavy (non-hydrogen) atoms. The van der Waals surface area contributed by atoms with E-state index in [1.807, 2.05) is 12.1 Å². The first-order chi connectivity index (χ1) is 10.5. The summed E-state index contributed by atoms with van der Waals surface area (Å²) in [6.07, 6.45) is 0.368. The molecule has 6 nitrogen and oxygen atoms in total. The fourth-order valence-electron chi connectivity index (χ4n) is 1.85. The zero-order valence-electron chi connectivity index (χ0n) is 13.1. The first kappa shape index (κ1) is 18.2. The lowest BCUT2D eigenvalue weighted by Gasteiger charge is -2.19. The summed E-state index contributed by atoms with van der Waals surface area (Å²) in [5, 5.41) is 0. The quantitative estimate of drug-likeness (QED) is 0.691. The van der Waals surface area contributed by atoms with Crippen molar-refractivity contribution in [3.63, 3.8) is 0 Å². The molecule has 0 aliphatic carbocycles. The summed E-state index contributed by atoms with van der Waals surface area (Å²) in [7, 11) is 4.92. The highest BCUT2D eigenvalue weighted by Gasteiger charge is 2.13. The number of nitrogens with two attached hydrogens (primary N) is 1. The van der Waals surface area contributed by atoms with Crippen molar-refractivity contribution in [1.82, 2.24) is 4.90 Å². The van der Waals surface area contributed by atoms with Gasteiger partial charge >= 0.3 is 0 Å². The Morgan fingerprint density at radius 1 is 1.27 bits per heavy atom. The number of carbonyl (C=O) groups excluding carboxylic acids is 2. The normalized spacial score (nSPS) is 10.1. The van der Waals surface area contributed by atoms with E-state index >= 15 is 0 Å². The van der Waals surface area contributed by atoms with Gasteiger partial charge in [0.2, 0.25) is 11.8 Å². The molecular formula is C15H22N2O4S.